The zero-order valence-corrected chi connectivity index (χ0v) is 30.7. The lowest BCUT2D eigenvalue weighted by molar-refractivity contribution is -0.144. The molecular weight excluding hydrogens is 650 g/mol. The first-order chi connectivity index (χ1) is 24.0. The van der Waals surface area contributed by atoms with Gasteiger partial charge in [-0.25, -0.2) is 4.79 Å². The number of anilines is 1. The molecule has 3 aromatic rings. The molecule has 2 N–H and O–H groups in total. The van der Waals surface area contributed by atoms with Crippen LogP contribution in [-0.4, -0.2) is 66.5 Å². The lowest BCUT2D eigenvalue weighted by atomic mass is 9.59. The molecule has 1 saturated carbocycles. The zero-order chi connectivity index (χ0) is 35.0. The number of fused-ring (bicyclic) bond motifs is 4. The van der Waals surface area contributed by atoms with Gasteiger partial charge < -0.3 is 29.5 Å². The molecule has 4 aliphatic rings. The van der Waals surface area contributed by atoms with Crippen LogP contribution in [0.1, 0.15) is 93.5 Å². The highest BCUT2D eigenvalue weighted by atomic mass is 35.5. The standard InChI is InChI=1S/C41H52ClN3O5/c1-26(24-48-35-11-17-43-34-10-5-7-27(2)38(34)35)19-29-20-28-21-37-36(49-25-32(50-37)12-18-45(3)4)23-33(28)40(29)13-15-41(16-14-40,39(46)47)44-31-9-6-8-30(42)22-31/h6,8-9,11,17,21-23,26-27,29,32,44H,5,7,10,12-16,18-20,24-25H2,1-4H3,(H,46,47)/t26-,27-,29?,32?,40?,41?/m1/s1. The largest absolute Gasteiger partial charge is 0.493 e. The second-order valence-corrected chi connectivity index (χ2v) is 16.2. The van der Waals surface area contributed by atoms with Crippen molar-refractivity contribution in [1.82, 2.24) is 9.88 Å². The Labute approximate surface area is 301 Å². The molecular formula is C41H52ClN3O5. The maximum Gasteiger partial charge on any atom is 0.329 e. The summed E-state index contributed by atoms with van der Waals surface area (Å²) in [4.78, 5) is 19.8. The normalized spacial score (nSPS) is 27.4. The van der Waals surface area contributed by atoms with Gasteiger partial charge in [0.2, 0.25) is 0 Å². The quantitative estimate of drug-likeness (QED) is 0.206. The first-order valence-electron chi connectivity index (χ1n) is 18.5. The second kappa shape index (κ2) is 14.3. The molecule has 0 amide bonds. The Morgan fingerprint density at radius 3 is 2.74 bits per heavy atom. The van der Waals surface area contributed by atoms with Gasteiger partial charge in [0.15, 0.2) is 11.5 Å². The number of ether oxygens (including phenoxy) is 3. The minimum absolute atomic E-state index is 0.0244. The molecule has 1 aliphatic heterocycles. The maximum atomic E-state index is 13.0. The van der Waals surface area contributed by atoms with Gasteiger partial charge in [0, 0.05) is 41.1 Å². The third-order valence-corrected chi connectivity index (χ3v) is 12.2. The number of halogens is 1. The van der Waals surface area contributed by atoms with E-state index in [0.29, 0.717) is 48.8 Å². The maximum absolute atomic E-state index is 13.0. The van der Waals surface area contributed by atoms with Gasteiger partial charge >= 0.3 is 5.97 Å². The first kappa shape index (κ1) is 34.9. The van der Waals surface area contributed by atoms with Gasteiger partial charge in [-0.05, 0) is 143 Å². The Bertz CT molecular complexity index is 1700. The topological polar surface area (TPSA) is 93.2 Å². The number of aromatic nitrogens is 1. The van der Waals surface area contributed by atoms with Crippen molar-refractivity contribution < 1.29 is 24.1 Å². The summed E-state index contributed by atoms with van der Waals surface area (Å²) in [7, 11) is 4.16. The molecule has 1 spiro atoms. The summed E-state index contributed by atoms with van der Waals surface area (Å²) in [5.41, 5.74) is 4.60. The predicted octanol–water partition coefficient (Wildman–Crippen LogP) is 8.29. The van der Waals surface area contributed by atoms with Crippen LogP contribution in [0.25, 0.3) is 0 Å². The molecule has 3 aliphatic carbocycles. The highest BCUT2D eigenvalue weighted by Gasteiger charge is 2.54. The Kier molecular flexibility index (Phi) is 9.97. The highest BCUT2D eigenvalue weighted by molar-refractivity contribution is 6.30. The number of benzene rings is 2. The fourth-order valence-corrected chi connectivity index (χ4v) is 9.45. The third-order valence-electron chi connectivity index (χ3n) is 12.0. The number of pyridine rings is 1. The van der Waals surface area contributed by atoms with Gasteiger partial charge in [-0.15, -0.1) is 0 Å². The number of aryl methyl sites for hydroxylation is 1. The lowest BCUT2D eigenvalue weighted by Gasteiger charge is -2.47. The van der Waals surface area contributed by atoms with E-state index < -0.39 is 11.5 Å². The van der Waals surface area contributed by atoms with Crippen LogP contribution in [-0.2, 0) is 23.1 Å². The molecule has 2 unspecified atom stereocenters. The molecule has 2 heterocycles. The molecule has 2 aromatic carbocycles. The predicted molar refractivity (Wildman–Crippen MR) is 197 cm³/mol. The van der Waals surface area contributed by atoms with Gasteiger partial charge in [0.25, 0.3) is 0 Å². The summed E-state index contributed by atoms with van der Waals surface area (Å²) in [6, 6.07) is 13.9. The number of aliphatic carboxylic acids is 1. The Hall–Kier alpha value is -3.49. The van der Waals surface area contributed by atoms with Crippen LogP contribution in [0.3, 0.4) is 0 Å². The van der Waals surface area contributed by atoms with Crippen LogP contribution >= 0.6 is 11.6 Å². The van der Waals surface area contributed by atoms with Crippen LogP contribution in [0, 0.1) is 11.8 Å². The van der Waals surface area contributed by atoms with E-state index >= 15 is 0 Å². The summed E-state index contributed by atoms with van der Waals surface area (Å²) in [6.07, 6.45) is 10.7. The van der Waals surface area contributed by atoms with Gasteiger partial charge in [0.1, 0.15) is 24.0 Å². The Morgan fingerprint density at radius 2 is 1.98 bits per heavy atom. The van der Waals surface area contributed by atoms with Crippen molar-refractivity contribution >= 4 is 23.3 Å². The number of carboxylic acids is 1. The van der Waals surface area contributed by atoms with Gasteiger partial charge in [-0.1, -0.05) is 31.5 Å². The summed E-state index contributed by atoms with van der Waals surface area (Å²) in [6.45, 7) is 6.69. The monoisotopic (exact) mass is 701 g/mol. The van der Waals surface area contributed by atoms with Gasteiger partial charge in [-0.3, -0.25) is 4.98 Å². The lowest BCUT2D eigenvalue weighted by Crippen LogP contribution is -2.53. The second-order valence-electron chi connectivity index (χ2n) is 15.8. The fraction of sp³-hybridized carbons (Fsp3) is 0.561. The van der Waals surface area contributed by atoms with Crippen LogP contribution in [0.5, 0.6) is 17.2 Å². The number of nitrogens with one attached hydrogen (secondary N) is 1. The smallest absolute Gasteiger partial charge is 0.329 e. The van der Waals surface area contributed by atoms with Crippen LogP contribution in [0.15, 0.2) is 48.7 Å². The summed E-state index contributed by atoms with van der Waals surface area (Å²) >= 11 is 6.29. The van der Waals surface area contributed by atoms with E-state index in [0.717, 1.165) is 68.0 Å². The number of nitrogens with zero attached hydrogens (tertiary/aromatic N) is 2. The summed E-state index contributed by atoms with van der Waals surface area (Å²) in [5, 5.41) is 14.6. The van der Waals surface area contributed by atoms with Crippen molar-refractivity contribution in [2.24, 2.45) is 11.8 Å². The van der Waals surface area contributed by atoms with Crippen LogP contribution in [0.2, 0.25) is 5.02 Å². The summed E-state index contributed by atoms with van der Waals surface area (Å²) < 4.78 is 19.5. The molecule has 0 radical (unpaired) electrons. The van der Waals surface area contributed by atoms with Crippen molar-refractivity contribution in [1.29, 1.82) is 0 Å². The molecule has 0 bridgehead atoms. The highest BCUT2D eigenvalue weighted by Crippen LogP contribution is 2.58. The molecule has 9 heteroatoms. The Balaban J connectivity index is 1.14. The fourth-order valence-electron chi connectivity index (χ4n) is 9.26. The van der Waals surface area contributed by atoms with Gasteiger partial charge in [0.05, 0.1) is 6.61 Å². The van der Waals surface area contributed by atoms with Crippen LogP contribution < -0.4 is 19.5 Å². The van der Waals surface area contributed by atoms with Crippen molar-refractivity contribution in [3.8, 4) is 17.2 Å². The third kappa shape index (κ3) is 6.90. The van der Waals surface area contributed by atoms with E-state index in [1.165, 1.54) is 35.2 Å². The van der Waals surface area contributed by atoms with E-state index in [-0.39, 0.29) is 11.5 Å². The molecule has 8 nitrogen and oxygen atoms in total. The van der Waals surface area contributed by atoms with Gasteiger partial charge in [-0.2, -0.15) is 0 Å². The van der Waals surface area contributed by atoms with Crippen molar-refractivity contribution in [3.63, 3.8) is 0 Å². The van der Waals surface area contributed by atoms with Crippen molar-refractivity contribution in [2.45, 2.75) is 101 Å². The molecule has 7 rings (SSSR count). The number of carbonyl (C=O) groups is 1. The molecule has 268 valence electrons. The number of carboxylic acid groups (broad SMARTS) is 1. The molecule has 1 aromatic heterocycles. The average molecular weight is 702 g/mol. The summed E-state index contributed by atoms with van der Waals surface area (Å²) in [5.74, 6) is 2.92. The SMILES string of the molecule is C[C@@H](COc1ccnc2c1[C@H](C)CCC2)CC1Cc2cc3c(cc2C12CCC(Nc1cccc(Cl)c1)(C(=O)O)CC2)OCC(CCN(C)C)O3. The van der Waals surface area contributed by atoms with Crippen LogP contribution in [0.4, 0.5) is 5.69 Å². The number of rotatable bonds is 11. The van der Waals surface area contributed by atoms with E-state index in [4.69, 9.17) is 25.8 Å². The van der Waals surface area contributed by atoms with E-state index in [1.54, 1.807) is 0 Å². The zero-order valence-electron chi connectivity index (χ0n) is 30.0. The molecule has 4 atom stereocenters. The molecule has 0 saturated heterocycles. The minimum atomic E-state index is -1.07. The Morgan fingerprint density at radius 1 is 1.16 bits per heavy atom. The molecule has 50 heavy (non-hydrogen) atoms. The first-order valence-corrected chi connectivity index (χ1v) is 18.9. The van der Waals surface area contributed by atoms with Crippen molar-refractivity contribution in [2.75, 3.05) is 39.2 Å². The van der Waals surface area contributed by atoms with E-state index in [9.17, 15) is 9.90 Å². The molecule has 1 fully saturated rings. The average Bonchev–Trinajstić information content (AvgIpc) is 3.37. The minimum Gasteiger partial charge on any atom is -0.493 e. The van der Waals surface area contributed by atoms with E-state index in [2.05, 4.69) is 55.3 Å². The van der Waals surface area contributed by atoms with Crippen molar-refractivity contribution in [3.05, 3.63) is 76.1 Å². The number of hydrogen-bond acceptors (Lipinski definition) is 7. The van der Waals surface area contributed by atoms with E-state index in [1.807, 2.05) is 36.5 Å². The number of hydrogen-bond donors (Lipinski definition) is 2.